The van der Waals surface area contributed by atoms with Gasteiger partial charge in [-0.05, 0) is 43.3 Å². The Morgan fingerprint density at radius 2 is 1.82 bits per heavy atom. The number of aryl methyl sites for hydroxylation is 1. The van der Waals surface area contributed by atoms with Crippen LogP contribution in [0.2, 0.25) is 10.0 Å². The number of amides is 1. The Labute approximate surface area is 176 Å². The molecule has 0 unspecified atom stereocenters. The number of nitriles is 1. The van der Waals surface area contributed by atoms with Crippen molar-refractivity contribution in [2.75, 3.05) is 11.1 Å². The van der Waals surface area contributed by atoms with Crippen molar-refractivity contribution < 1.29 is 4.79 Å². The van der Waals surface area contributed by atoms with Crippen LogP contribution in [0.1, 0.15) is 11.3 Å². The van der Waals surface area contributed by atoms with E-state index in [0.29, 0.717) is 26.5 Å². The Balaban J connectivity index is 1.71. The van der Waals surface area contributed by atoms with Crippen LogP contribution in [0.15, 0.2) is 53.7 Å². The van der Waals surface area contributed by atoms with Crippen molar-refractivity contribution in [3.8, 4) is 17.3 Å². The first-order chi connectivity index (χ1) is 13.4. The Hall–Kier alpha value is -2.59. The van der Waals surface area contributed by atoms with E-state index in [-0.39, 0.29) is 11.7 Å². The minimum atomic E-state index is -0.276. The molecule has 3 aromatic rings. The molecule has 28 heavy (non-hydrogen) atoms. The van der Waals surface area contributed by atoms with E-state index >= 15 is 0 Å². The molecule has 0 atom stereocenters. The third-order valence-electron chi connectivity index (χ3n) is 3.68. The number of nitrogens with zero attached hydrogens (tertiary/aromatic N) is 3. The minimum absolute atomic E-state index is 0.0981. The van der Waals surface area contributed by atoms with Gasteiger partial charge in [-0.1, -0.05) is 47.1 Å². The molecule has 0 aliphatic carbocycles. The van der Waals surface area contributed by atoms with Crippen LogP contribution in [0.3, 0.4) is 0 Å². The van der Waals surface area contributed by atoms with Gasteiger partial charge in [0.2, 0.25) is 5.91 Å². The SMILES string of the molecule is Cc1cc(-c2ccc(Cl)cc2)nc(SCC(=O)Nc2cc(Cl)ccc2C#N)n1. The van der Waals surface area contributed by atoms with Gasteiger partial charge in [0.1, 0.15) is 6.07 Å². The van der Waals surface area contributed by atoms with Gasteiger partial charge in [-0.2, -0.15) is 5.26 Å². The van der Waals surface area contributed by atoms with Crippen LogP contribution < -0.4 is 5.32 Å². The zero-order valence-corrected chi connectivity index (χ0v) is 17.1. The van der Waals surface area contributed by atoms with E-state index in [1.165, 1.54) is 11.8 Å². The molecular formula is C20H14Cl2N4OS. The zero-order chi connectivity index (χ0) is 20.1. The molecule has 1 aromatic heterocycles. The van der Waals surface area contributed by atoms with Crippen molar-refractivity contribution in [1.29, 1.82) is 5.26 Å². The van der Waals surface area contributed by atoms with Crippen molar-refractivity contribution in [3.63, 3.8) is 0 Å². The van der Waals surface area contributed by atoms with Crippen LogP contribution in [0.4, 0.5) is 5.69 Å². The molecule has 0 saturated heterocycles. The van der Waals surface area contributed by atoms with Gasteiger partial charge in [0.15, 0.2) is 5.16 Å². The lowest BCUT2D eigenvalue weighted by atomic mass is 10.1. The van der Waals surface area contributed by atoms with Crippen LogP contribution in [0.25, 0.3) is 11.3 Å². The Morgan fingerprint density at radius 1 is 1.11 bits per heavy atom. The molecule has 1 heterocycles. The maximum Gasteiger partial charge on any atom is 0.234 e. The van der Waals surface area contributed by atoms with E-state index in [1.54, 1.807) is 30.3 Å². The molecular weight excluding hydrogens is 415 g/mol. The number of thioether (sulfide) groups is 1. The van der Waals surface area contributed by atoms with Crippen LogP contribution in [-0.4, -0.2) is 21.6 Å². The molecule has 3 rings (SSSR count). The van der Waals surface area contributed by atoms with Gasteiger partial charge in [-0.3, -0.25) is 4.79 Å². The Bertz CT molecular complexity index is 1060. The fraction of sp³-hybridized carbons (Fsp3) is 0.100. The number of anilines is 1. The highest BCUT2D eigenvalue weighted by Crippen LogP contribution is 2.24. The monoisotopic (exact) mass is 428 g/mol. The predicted octanol–water partition coefficient (Wildman–Crippen LogP) is 5.36. The maximum absolute atomic E-state index is 12.3. The van der Waals surface area contributed by atoms with Crippen molar-refractivity contribution in [2.24, 2.45) is 0 Å². The van der Waals surface area contributed by atoms with Gasteiger partial charge in [0, 0.05) is 21.3 Å². The number of benzene rings is 2. The summed E-state index contributed by atoms with van der Waals surface area (Å²) in [5.74, 6) is -0.178. The predicted molar refractivity (Wildman–Crippen MR) is 113 cm³/mol. The van der Waals surface area contributed by atoms with Crippen molar-refractivity contribution >= 4 is 46.6 Å². The largest absolute Gasteiger partial charge is 0.324 e. The summed E-state index contributed by atoms with van der Waals surface area (Å²) in [5.41, 5.74) is 3.20. The summed E-state index contributed by atoms with van der Waals surface area (Å²) in [6.07, 6.45) is 0. The average molecular weight is 429 g/mol. The number of halogens is 2. The number of rotatable bonds is 5. The quantitative estimate of drug-likeness (QED) is 0.436. The molecule has 5 nitrogen and oxygen atoms in total. The molecule has 2 aromatic carbocycles. The molecule has 8 heteroatoms. The Morgan fingerprint density at radius 3 is 2.54 bits per heavy atom. The van der Waals surface area contributed by atoms with Crippen molar-refractivity contribution in [2.45, 2.75) is 12.1 Å². The van der Waals surface area contributed by atoms with Gasteiger partial charge >= 0.3 is 0 Å². The molecule has 0 spiro atoms. The third-order valence-corrected chi connectivity index (χ3v) is 5.02. The lowest BCUT2D eigenvalue weighted by Gasteiger charge is -2.08. The van der Waals surface area contributed by atoms with Gasteiger partial charge < -0.3 is 5.32 Å². The molecule has 0 saturated carbocycles. The van der Waals surface area contributed by atoms with E-state index in [4.69, 9.17) is 28.5 Å². The molecule has 0 aliphatic rings. The van der Waals surface area contributed by atoms with Crippen LogP contribution in [-0.2, 0) is 4.79 Å². The normalized spacial score (nSPS) is 10.4. The summed E-state index contributed by atoms with van der Waals surface area (Å²) in [6.45, 7) is 1.87. The highest BCUT2D eigenvalue weighted by atomic mass is 35.5. The highest BCUT2D eigenvalue weighted by Gasteiger charge is 2.11. The van der Waals surface area contributed by atoms with Gasteiger partial charge in [-0.25, -0.2) is 9.97 Å². The summed E-state index contributed by atoms with van der Waals surface area (Å²) < 4.78 is 0. The van der Waals surface area contributed by atoms with E-state index in [2.05, 4.69) is 15.3 Å². The van der Waals surface area contributed by atoms with Crippen LogP contribution in [0, 0.1) is 18.3 Å². The molecule has 0 fully saturated rings. The maximum atomic E-state index is 12.3. The first kappa shape index (κ1) is 20.2. The van der Waals surface area contributed by atoms with Crippen LogP contribution in [0.5, 0.6) is 0 Å². The fourth-order valence-electron chi connectivity index (χ4n) is 2.41. The summed E-state index contributed by atoms with van der Waals surface area (Å²) in [6, 6.07) is 16.0. The van der Waals surface area contributed by atoms with Crippen LogP contribution >= 0.6 is 35.0 Å². The number of hydrogen-bond acceptors (Lipinski definition) is 5. The number of carbonyl (C=O) groups is 1. The van der Waals surface area contributed by atoms with Crippen molar-refractivity contribution in [3.05, 3.63) is 69.8 Å². The molecule has 0 radical (unpaired) electrons. The lowest BCUT2D eigenvalue weighted by molar-refractivity contribution is -0.113. The van der Waals surface area contributed by atoms with Gasteiger partial charge in [0.05, 0.1) is 22.7 Å². The second kappa shape index (κ2) is 9.07. The summed E-state index contributed by atoms with van der Waals surface area (Å²) in [7, 11) is 0. The van der Waals surface area contributed by atoms with E-state index in [1.807, 2.05) is 31.2 Å². The third kappa shape index (κ3) is 5.23. The van der Waals surface area contributed by atoms with E-state index < -0.39 is 0 Å². The zero-order valence-electron chi connectivity index (χ0n) is 14.7. The van der Waals surface area contributed by atoms with Gasteiger partial charge in [-0.15, -0.1) is 0 Å². The average Bonchev–Trinajstić information content (AvgIpc) is 2.67. The molecule has 0 aliphatic heterocycles. The topological polar surface area (TPSA) is 78.7 Å². The second-order valence-corrected chi connectivity index (χ2v) is 7.64. The number of hydrogen-bond donors (Lipinski definition) is 1. The standard InChI is InChI=1S/C20H14Cl2N4OS/c1-12-8-17(13-2-5-15(21)6-3-13)26-20(24-12)28-11-19(27)25-18-9-16(22)7-4-14(18)10-23/h2-9H,11H2,1H3,(H,25,27). The summed E-state index contributed by atoms with van der Waals surface area (Å²) in [5, 5.41) is 13.4. The second-order valence-electron chi connectivity index (χ2n) is 5.82. The highest BCUT2D eigenvalue weighted by molar-refractivity contribution is 7.99. The van der Waals surface area contributed by atoms with E-state index in [9.17, 15) is 4.79 Å². The smallest absolute Gasteiger partial charge is 0.234 e. The van der Waals surface area contributed by atoms with Gasteiger partial charge in [0.25, 0.3) is 0 Å². The first-order valence-corrected chi connectivity index (χ1v) is 9.92. The number of nitrogens with one attached hydrogen (secondary N) is 1. The molecule has 1 N–H and O–H groups in total. The molecule has 0 bridgehead atoms. The van der Waals surface area contributed by atoms with E-state index in [0.717, 1.165) is 17.0 Å². The Kier molecular flexibility index (Phi) is 6.53. The fourth-order valence-corrected chi connectivity index (χ4v) is 3.41. The molecule has 1 amide bonds. The molecule has 140 valence electrons. The number of aromatic nitrogens is 2. The number of carbonyl (C=O) groups excluding carboxylic acids is 1. The lowest BCUT2D eigenvalue weighted by Crippen LogP contribution is -2.15. The summed E-state index contributed by atoms with van der Waals surface area (Å²) in [4.78, 5) is 21.2. The van der Waals surface area contributed by atoms with Crippen molar-refractivity contribution in [1.82, 2.24) is 9.97 Å². The summed E-state index contributed by atoms with van der Waals surface area (Å²) >= 11 is 13.1. The first-order valence-electron chi connectivity index (χ1n) is 8.18. The minimum Gasteiger partial charge on any atom is -0.324 e.